The lowest BCUT2D eigenvalue weighted by Gasteiger charge is -2.39. The summed E-state index contributed by atoms with van der Waals surface area (Å²) in [6.45, 7) is 4.07. The maximum atomic E-state index is 13.3. The number of nitrogens with zero attached hydrogens (tertiary/aromatic N) is 3. The summed E-state index contributed by atoms with van der Waals surface area (Å²) in [6.07, 6.45) is -2.82. The van der Waals surface area contributed by atoms with Crippen molar-refractivity contribution in [1.29, 1.82) is 0 Å². The van der Waals surface area contributed by atoms with Crippen LogP contribution in [0.15, 0.2) is 38.9 Å². The van der Waals surface area contributed by atoms with Gasteiger partial charge < -0.3 is 16.4 Å². The Morgan fingerprint density at radius 1 is 1.24 bits per heavy atom. The largest absolute Gasteiger partial charge is 0.417 e. The number of hydrogen-bond donors (Lipinski definition) is 2. The number of halogens is 3. The van der Waals surface area contributed by atoms with Gasteiger partial charge in [-0.15, -0.1) is 0 Å². The normalized spacial score (nSPS) is 16.8. The number of benzene rings is 1. The van der Waals surface area contributed by atoms with Crippen LogP contribution in [0.25, 0.3) is 0 Å². The third kappa shape index (κ3) is 4.37. The molecule has 0 bridgehead atoms. The second kappa shape index (κ2) is 7.91. The van der Waals surface area contributed by atoms with Crippen LogP contribution in [0, 0.1) is 5.41 Å². The van der Waals surface area contributed by atoms with Gasteiger partial charge in [0.25, 0.3) is 5.56 Å². The SMILES string of the molecule is Cn1c(N2CCC(C)(CN)CC2)nc(N)c(Sc2ccccc2C(F)(F)F)c1=O. The standard InChI is InChI=1S/C19H24F3N5OS/c1-18(11-23)7-9-27(10-8-18)17-25-15(24)14(16(28)26(17)2)29-13-6-4-3-5-12(13)19(20,21)22/h3-6H,7-11,23-24H2,1-2H3. The average Bonchev–Trinajstić information content (AvgIpc) is 2.68. The van der Waals surface area contributed by atoms with E-state index in [1.165, 1.54) is 22.8 Å². The molecule has 0 radical (unpaired) electrons. The molecule has 2 aromatic rings. The average molecular weight is 427 g/mol. The second-order valence-corrected chi connectivity index (χ2v) is 8.64. The molecule has 3 rings (SSSR count). The second-order valence-electron chi connectivity index (χ2n) is 7.59. The maximum absolute atomic E-state index is 13.3. The molecule has 0 spiro atoms. The van der Waals surface area contributed by atoms with Crippen LogP contribution in [-0.2, 0) is 13.2 Å². The number of hydrogen-bond acceptors (Lipinski definition) is 6. The highest BCUT2D eigenvalue weighted by Crippen LogP contribution is 2.40. The van der Waals surface area contributed by atoms with Gasteiger partial charge in [0.15, 0.2) is 0 Å². The first-order chi connectivity index (χ1) is 13.6. The van der Waals surface area contributed by atoms with Crippen LogP contribution in [-0.4, -0.2) is 29.2 Å². The van der Waals surface area contributed by atoms with E-state index in [1.807, 2.05) is 4.90 Å². The van der Waals surface area contributed by atoms with Gasteiger partial charge in [0, 0.05) is 25.0 Å². The summed E-state index contributed by atoms with van der Waals surface area (Å²) < 4.78 is 41.2. The molecule has 1 fully saturated rings. The summed E-state index contributed by atoms with van der Waals surface area (Å²) in [4.78, 5) is 19.1. The smallest absolute Gasteiger partial charge is 0.382 e. The van der Waals surface area contributed by atoms with Gasteiger partial charge in [-0.1, -0.05) is 30.8 Å². The first-order valence-electron chi connectivity index (χ1n) is 9.21. The van der Waals surface area contributed by atoms with Gasteiger partial charge in [-0.3, -0.25) is 9.36 Å². The molecule has 1 aliphatic rings. The first-order valence-corrected chi connectivity index (χ1v) is 10.0. The molecular weight excluding hydrogens is 403 g/mol. The molecule has 29 heavy (non-hydrogen) atoms. The summed E-state index contributed by atoms with van der Waals surface area (Å²) in [6, 6.07) is 5.09. The maximum Gasteiger partial charge on any atom is 0.417 e. The number of rotatable bonds is 4. The van der Waals surface area contributed by atoms with E-state index in [0.29, 0.717) is 37.3 Å². The van der Waals surface area contributed by atoms with E-state index in [9.17, 15) is 18.0 Å². The van der Waals surface area contributed by atoms with E-state index in [0.717, 1.165) is 18.9 Å². The van der Waals surface area contributed by atoms with Gasteiger partial charge in [-0.05, 0) is 36.9 Å². The number of anilines is 2. The van der Waals surface area contributed by atoms with Crippen LogP contribution in [0.3, 0.4) is 0 Å². The fraction of sp³-hybridized carbons (Fsp3) is 0.474. The van der Waals surface area contributed by atoms with Crippen molar-refractivity contribution >= 4 is 23.5 Å². The highest BCUT2D eigenvalue weighted by molar-refractivity contribution is 7.99. The number of aromatic nitrogens is 2. The molecule has 1 aromatic carbocycles. The summed E-state index contributed by atoms with van der Waals surface area (Å²) in [5.74, 6) is 0.345. The van der Waals surface area contributed by atoms with Gasteiger partial charge in [-0.25, -0.2) is 0 Å². The molecule has 1 aliphatic heterocycles. The number of nitrogen functional groups attached to an aromatic ring is 1. The van der Waals surface area contributed by atoms with E-state index < -0.39 is 17.3 Å². The molecule has 0 saturated carbocycles. The molecule has 2 heterocycles. The Hall–Kier alpha value is -2.20. The molecule has 6 nitrogen and oxygen atoms in total. The summed E-state index contributed by atoms with van der Waals surface area (Å²) in [5.41, 5.74) is 10.6. The number of alkyl halides is 3. The monoisotopic (exact) mass is 427 g/mol. The highest BCUT2D eigenvalue weighted by atomic mass is 32.2. The molecule has 10 heteroatoms. The van der Waals surface area contributed by atoms with Crippen molar-refractivity contribution in [2.75, 3.05) is 30.3 Å². The minimum atomic E-state index is -4.53. The van der Waals surface area contributed by atoms with Gasteiger partial charge >= 0.3 is 6.18 Å². The number of piperidine rings is 1. The van der Waals surface area contributed by atoms with E-state index in [1.54, 1.807) is 7.05 Å². The Morgan fingerprint density at radius 3 is 2.45 bits per heavy atom. The van der Waals surface area contributed by atoms with E-state index in [2.05, 4.69) is 11.9 Å². The van der Waals surface area contributed by atoms with Crippen molar-refractivity contribution in [3.05, 3.63) is 40.2 Å². The zero-order valence-electron chi connectivity index (χ0n) is 16.3. The predicted octanol–water partition coefficient (Wildman–Crippen LogP) is 3.10. The molecule has 0 unspecified atom stereocenters. The predicted molar refractivity (Wildman–Crippen MR) is 108 cm³/mol. The van der Waals surface area contributed by atoms with Crippen LogP contribution in [0.1, 0.15) is 25.3 Å². The Bertz CT molecular complexity index is 952. The third-order valence-corrected chi connectivity index (χ3v) is 6.57. The van der Waals surface area contributed by atoms with Crippen molar-refractivity contribution < 1.29 is 13.2 Å². The lowest BCUT2D eigenvalue weighted by molar-refractivity contribution is -0.139. The minimum absolute atomic E-state index is 0.0169. The van der Waals surface area contributed by atoms with Crippen LogP contribution < -0.4 is 21.9 Å². The fourth-order valence-electron chi connectivity index (χ4n) is 3.32. The zero-order chi connectivity index (χ0) is 21.4. The fourth-order valence-corrected chi connectivity index (χ4v) is 4.35. The number of nitrogens with two attached hydrogens (primary N) is 2. The zero-order valence-corrected chi connectivity index (χ0v) is 17.1. The lowest BCUT2D eigenvalue weighted by Crippen LogP contribution is -2.44. The van der Waals surface area contributed by atoms with Crippen molar-refractivity contribution in [2.45, 2.75) is 35.7 Å². The van der Waals surface area contributed by atoms with Gasteiger partial charge in [0.1, 0.15) is 10.7 Å². The van der Waals surface area contributed by atoms with Crippen molar-refractivity contribution in [1.82, 2.24) is 9.55 Å². The minimum Gasteiger partial charge on any atom is -0.382 e. The van der Waals surface area contributed by atoms with Gasteiger partial charge in [0.2, 0.25) is 5.95 Å². The molecule has 0 atom stereocenters. The molecule has 1 aromatic heterocycles. The summed E-state index contributed by atoms with van der Waals surface area (Å²) >= 11 is 0.691. The van der Waals surface area contributed by atoms with Crippen molar-refractivity contribution in [3.63, 3.8) is 0 Å². The Labute approximate surface area is 171 Å². The molecule has 4 N–H and O–H groups in total. The van der Waals surface area contributed by atoms with Gasteiger partial charge in [0.05, 0.1) is 5.56 Å². The van der Waals surface area contributed by atoms with E-state index >= 15 is 0 Å². The molecular formula is C19H24F3N5OS. The third-order valence-electron chi connectivity index (χ3n) is 5.40. The molecule has 1 saturated heterocycles. The molecule has 158 valence electrons. The van der Waals surface area contributed by atoms with E-state index in [-0.39, 0.29) is 21.0 Å². The van der Waals surface area contributed by atoms with E-state index in [4.69, 9.17) is 11.5 Å². The molecule has 0 aliphatic carbocycles. The van der Waals surface area contributed by atoms with Crippen LogP contribution in [0.5, 0.6) is 0 Å². The van der Waals surface area contributed by atoms with Crippen molar-refractivity contribution in [3.8, 4) is 0 Å². The lowest BCUT2D eigenvalue weighted by atomic mass is 9.81. The Balaban J connectivity index is 1.93. The first kappa shape index (κ1) is 21.5. The Morgan fingerprint density at radius 2 is 1.86 bits per heavy atom. The Kier molecular flexibility index (Phi) is 5.86. The summed E-state index contributed by atoms with van der Waals surface area (Å²) in [7, 11) is 1.56. The van der Waals surface area contributed by atoms with Crippen LogP contribution in [0.4, 0.5) is 24.9 Å². The van der Waals surface area contributed by atoms with Gasteiger partial charge in [-0.2, -0.15) is 18.2 Å². The van der Waals surface area contributed by atoms with Crippen molar-refractivity contribution in [2.24, 2.45) is 18.2 Å². The topological polar surface area (TPSA) is 90.2 Å². The highest BCUT2D eigenvalue weighted by Gasteiger charge is 2.34. The summed E-state index contributed by atoms with van der Waals surface area (Å²) in [5, 5.41) is 0. The quantitative estimate of drug-likeness (QED) is 0.779. The van der Waals surface area contributed by atoms with Crippen LogP contribution in [0.2, 0.25) is 0 Å². The molecule has 0 amide bonds. The van der Waals surface area contributed by atoms with Crippen LogP contribution >= 0.6 is 11.8 Å².